The van der Waals surface area contributed by atoms with E-state index in [0.717, 1.165) is 0 Å². The third-order valence-electron chi connectivity index (χ3n) is 4.09. The summed E-state index contributed by atoms with van der Waals surface area (Å²) in [7, 11) is 0. The second-order valence-electron chi connectivity index (χ2n) is 6.44. The summed E-state index contributed by atoms with van der Waals surface area (Å²) in [4.78, 5) is 36.5. The van der Waals surface area contributed by atoms with Crippen molar-refractivity contribution < 1.29 is 23.5 Å². The summed E-state index contributed by atoms with van der Waals surface area (Å²) in [6, 6.07) is 20.5. The monoisotopic (exact) mass is 421 g/mol. The zero-order chi connectivity index (χ0) is 22.1. The van der Waals surface area contributed by atoms with E-state index in [0.29, 0.717) is 11.4 Å². The Kier molecular flexibility index (Phi) is 7.31. The van der Waals surface area contributed by atoms with E-state index in [1.807, 2.05) is 6.07 Å². The van der Waals surface area contributed by atoms with Crippen LogP contribution in [0.25, 0.3) is 0 Å². The lowest BCUT2D eigenvalue weighted by molar-refractivity contribution is -0.118. The number of carbonyl (C=O) groups is 3. The van der Waals surface area contributed by atoms with Crippen LogP contribution in [0.4, 0.5) is 15.8 Å². The number of ether oxygens (including phenoxy) is 1. The molecule has 0 saturated carbocycles. The molecule has 3 rings (SSSR count). The minimum absolute atomic E-state index is 0.185. The van der Waals surface area contributed by atoms with Crippen LogP contribution in [0.3, 0.4) is 0 Å². The van der Waals surface area contributed by atoms with Crippen molar-refractivity contribution in [2.24, 2.45) is 0 Å². The van der Waals surface area contributed by atoms with Crippen LogP contribution in [0.2, 0.25) is 0 Å². The first-order valence-corrected chi connectivity index (χ1v) is 9.41. The number of hydrogen-bond acceptors (Lipinski definition) is 4. The molecule has 0 heterocycles. The molecule has 0 aliphatic rings. The Bertz CT molecular complexity index is 1060. The van der Waals surface area contributed by atoms with Gasteiger partial charge in [0.1, 0.15) is 11.6 Å². The van der Waals surface area contributed by atoms with Crippen LogP contribution in [-0.2, 0) is 9.59 Å². The highest BCUT2D eigenvalue weighted by Crippen LogP contribution is 2.18. The van der Waals surface area contributed by atoms with Gasteiger partial charge in [0, 0.05) is 11.4 Å². The van der Waals surface area contributed by atoms with Gasteiger partial charge in [-0.15, -0.1) is 0 Å². The van der Waals surface area contributed by atoms with E-state index in [4.69, 9.17) is 4.74 Å². The van der Waals surface area contributed by atoms with Crippen molar-refractivity contribution in [1.29, 1.82) is 0 Å². The summed E-state index contributed by atoms with van der Waals surface area (Å²) in [5, 5.41) is 7.76. The molecule has 8 heteroatoms. The average Bonchev–Trinajstić information content (AvgIpc) is 2.78. The molecule has 158 valence electrons. The van der Waals surface area contributed by atoms with E-state index < -0.39 is 17.6 Å². The van der Waals surface area contributed by atoms with E-state index in [9.17, 15) is 18.8 Å². The number of benzene rings is 3. The maximum absolute atomic E-state index is 12.9. The zero-order valence-electron chi connectivity index (χ0n) is 16.4. The van der Waals surface area contributed by atoms with Crippen molar-refractivity contribution in [3.63, 3.8) is 0 Å². The summed E-state index contributed by atoms with van der Waals surface area (Å²) in [5.41, 5.74) is 1.23. The Morgan fingerprint density at radius 3 is 2.10 bits per heavy atom. The topological polar surface area (TPSA) is 96.5 Å². The number of carbonyl (C=O) groups excluding carboxylic acids is 3. The molecule has 0 fully saturated rings. The number of nitrogens with one attached hydrogen (secondary N) is 3. The van der Waals surface area contributed by atoms with Gasteiger partial charge in [0.25, 0.3) is 11.8 Å². The van der Waals surface area contributed by atoms with Crippen molar-refractivity contribution in [2.45, 2.75) is 0 Å². The Labute approximate surface area is 178 Å². The van der Waals surface area contributed by atoms with Crippen LogP contribution in [0, 0.1) is 5.82 Å². The predicted octanol–water partition coefficient (Wildman–Crippen LogP) is 3.21. The molecule has 0 aliphatic carbocycles. The number of amides is 3. The van der Waals surface area contributed by atoms with Crippen LogP contribution in [0.15, 0.2) is 78.9 Å². The fraction of sp³-hybridized carbons (Fsp3) is 0.0870. The van der Waals surface area contributed by atoms with Gasteiger partial charge in [0.05, 0.1) is 12.1 Å². The first-order chi connectivity index (χ1) is 15.0. The third kappa shape index (κ3) is 6.67. The molecule has 3 aromatic carbocycles. The highest BCUT2D eigenvalue weighted by atomic mass is 19.1. The van der Waals surface area contributed by atoms with E-state index in [1.54, 1.807) is 42.5 Å². The normalized spacial score (nSPS) is 10.1. The van der Waals surface area contributed by atoms with Crippen LogP contribution < -0.4 is 20.7 Å². The van der Waals surface area contributed by atoms with Crippen molar-refractivity contribution in [3.05, 3.63) is 90.2 Å². The molecule has 3 aromatic rings. The van der Waals surface area contributed by atoms with Crippen LogP contribution in [-0.4, -0.2) is 30.9 Å². The van der Waals surface area contributed by atoms with E-state index >= 15 is 0 Å². The molecule has 0 aromatic heterocycles. The average molecular weight is 421 g/mol. The molecular weight excluding hydrogens is 401 g/mol. The minimum Gasteiger partial charge on any atom is -0.483 e. The van der Waals surface area contributed by atoms with Gasteiger partial charge in [-0.3, -0.25) is 14.4 Å². The first kappa shape index (κ1) is 21.5. The van der Waals surface area contributed by atoms with Crippen molar-refractivity contribution in [1.82, 2.24) is 5.32 Å². The van der Waals surface area contributed by atoms with Crippen LogP contribution >= 0.6 is 0 Å². The molecule has 31 heavy (non-hydrogen) atoms. The van der Waals surface area contributed by atoms with Gasteiger partial charge in [-0.25, -0.2) is 4.39 Å². The molecule has 0 atom stereocenters. The summed E-state index contributed by atoms with van der Waals surface area (Å²) >= 11 is 0. The minimum atomic E-state index is -0.516. The van der Waals surface area contributed by atoms with Gasteiger partial charge >= 0.3 is 0 Å². The zero-order valence-corrected chi connectivity index (χ0v) is 16.4. The van der Waals surface area contributed by atoms with Gasteiger partial charge in [-0.1, -0.05) is 30.3 Å². The quantitative estimate of drug-likeness (QED) is 0.520. The lowest BCUT2D eigenvalue weighted by atomic mass is 10.2. The molecule has 0 radical (unpaired) electrons. The number of rotatable bonds is 8. The molecule has 3 N–H and O–H groups in total. The Morgan fingerprint density at radius 2 is 1.35 bits per heavy atom. The summed E-state index contributed by atoms with van der Waals surface area (Å²) < 4.78 is 18.4. The summed E-state index contributed by atoms with van der Waals surface area (Å²) in [6.07, 6.45) is 0. The largest absolute Gasteiger partial charge is 0.483 e. The summed E-state index contributed by atoms with van der Waals surface area (Å²) in [5.74, 6) is -1.58. The smallest absolute Gasteiger partial charge is 0.262 e. The molecular formula is C23H20FN3O4. The van der Waals surface area contributed by atoms with Crippen molar-refractivity contribution in [2.75, 3.05) is 23.8 Å². The van der Waals surface area contributed by atoms with E-state index in [2.05, 4.69) is 16.0 Å². The molecule has 3 amide bonds. The summed E-state index contributed by atoms with van der Waals surface area (Å²) in [6.45, 7) is -0.580. The lowest BCUT2D eigenvalue weighted by Gasteiger charge is -2.12. The molecule has 0 unspecified atom stereocenters. The van der Waals surface area contributed by atoms with E-state index in [1.165, 1.54) is 30.3 Å². The Hall–Kier alpha value is -4.20. The lowest BCUT2D eigenvalue weighted by Crippen LogP contribution is -2.33. The standard InChI is InChI=1S/C23H20FN3O4/c24-16-10-12-18(13-11-16)27-22(29)15-31-20-9-5-4-8-19(20)23(30)25-14-21(28)26-17-6-2-1-3-7-17/h1-13H,14-15H2,(H,25,30)(H,26,28)(H,27,29). The van der Waals surface area contributed by atoms with Crippen LogP contribution in [0.1, 0.15) is 10.4 Å². The number of hydrogen-bond donors (Lipinski definition) is 3. The number of anilines is 2. The van der Waals surface area contributed by atoms with E-state index in [-0.39, 0.29) is 30.4 Å². The molecule has 7 nitrogen and oxygen atoms in total. The van der Waals surface area contributed by atoms with Gasteiger partial charge in [0.2, 0.25) is 5.91 Å². The molecule has 0 aliphatic heterocycles. The fourth-order valence-electron chi connectivity index (χ4n) is 2.64. The third-order valence-corrected chi connectivity index (χ3v) is 4.09. The highest BCUT2D eigenvalue weighted by molar-refractivity contribution is 6.01. The maximum atomic E-state index is 12.9. The number of para-hydroxylation sites is 2. The van der Waals surface area contributed by atoms with Gasteiger partial charge < -0.3 is 20.7 Å². The van der Waals surface area contributed by atoms with Crippen molar-refractivity contribution >= 4 is 29.1 Å². The first-order valence-electron chi connectivity index (χ1n) is 9.41. The van der Waals surface area contributed by atoms with Gasteiger partial charge in [0.15, 0.2) is 6.61 Å². The molecule has 0 saturated heterocycles. The highest BCUT2D eigenvalue weighted by Gasteiger charge is 2.14. The molecule has 0 bridgehead atoms. The second-order valence-corrected chi connectivity index (χ2v) is 6.44. The predicted molar refractivity (Wildman–Crippen MR) is 114 cm³/mol. The SMILES string of the molecule is O=C(CNC(=O)c1ccccc1OCC(=O)Nc1ccc(F)cc1)Nc1ccccc1. The van der Waals surface area contributed by atoms with Crippen LogP contribution in [0.5, 0.6) is 5.75 Å². The maximum Gasteiger partial charge on any atom is 0.262 e. The Morgan fingerprint density at radius 1 is 0.742 bits per heavy atom. The fourth-order valence-corrected chi connectivity index (χ4v) is 2.64. The molecule has 0 spiro atoms. The second kappa shape index (κ2) is 10.5. The van der Waals surface area contributed by atoms with Gasteiger partial charge in [-0.05, 0) is 48.5 Å². The number of halogens is 1. The van der Waals surface area contributed by atoms with Crippen molar-refractivity contribution in [3.8, 4) is 5.75 Å². The van der Waals surface area contributed by atoms with Gasteiger partial charge in [-0.2, -0.15) is 0 Å². The Balaban J connectivity index is 1.52.